The maximum atomic E-state index is 12.4. The molecule has 0 heterocycles. The van der Waals surface area contributed by atoms with Crippen LogP contribution in [0.4, 0.5) is 17.6 Å². The predicted octanol–water partition coefficient (Wildman–Crippen LogP) is 3.15. The maximum Gasteiger partial charge on any atom is 0.416 e. The van der Waals surface area contributed by atoms with Gasteiger partial charge in [0.05, 0.1) is 5.56 Å². The summed E-state index contributed by atoms with van der Waals surface area (Å²) in [6.45, 7) is 1.29. The molecule has 0 bridgehead atoms. The van der Waals surface area contributed by atoms with E-state index in [1.807, 2.05) is 0 Å². The van der Waals surface area contributed by atoms with Crippen molar-refractivity contribution in [1.82, 2.24) is 0 Å². The van der Waals surface area contributed by atoms with E-state index in [9.17, 15) is 17.6 Å². The molecule has 0 aliphatic carbocycles. The van der Waals surface area contributed by atoms with Gasteiger partial charge in [-0.3, -0.25) is 0 Å². The van der Waals surface area contributed by atoms with Crippen LogP contribution in [0, 0.1) is 12.7 Å². The van der Waals surface area contributed by atoms with E-state index in [2.05, 4.69) is 0 Å². The van der Waals surface area contributed by atoms with Crippen LogP contribution < -0.4 is 0 Å². The van der Waals surface area contributed by atoms with Gasteiger partial charge in [0, 0.05) is 0 Å². The normalized spacial score (nSPS) is 11.8. The van der Waals surface area contributed by atoms with Gasteiger partial charge in [-0.05, 0) is 24.6 Å². The zero-order valence-electron chi connectivity index (χ0n) is 6.24. The third-order valence-electron chi connectivity index (χ3n) is 1.51. The van der Waals surface area contributed by atoms with Gasteiger partial charge in [-0.25, -0.2) is 4.39 Å². The summed E-state index contributed by atoms with van der Waals surface area (Å²) in [4.78, 5) is 0. The van der Waals surface area contributed by atoms with E-state index in [1.165, 1.54) is 6.92 Å². The van der Waals surface area contributed by atoms with Crippen molar-refractivity contribution in [2.24, 2.45) is 0 Å². The van der Waals surface area contributed by atoms with Crippen LogP contribution in [0.5, 0.6) is 0 Å². The summed E-state index contributed by atoms with van der Waals surface area (Å²) in [5.41, 5.74) is -0.883. The minimum Gasteiger partial charge on any atom is -0.207 e. The van der Waals surface area contributed by atoms with Crippen molar-refractivity contribution in [3.05, 3.63) is 35.1 Å². The molecular formula is C8H6F4. The van der Waals surface area contributed by atoms with Crippen LogP contribution in [-0.4, -0.2) is 0 Å². The highest BCUT2D eigenvalue weighted by molar-refractivity contribution is 5.28. The fraction of sp³-hybridized carbons (Fsp3) is 0.250. The van der Waals surface area contributed by atoms with Crippen LogP contribution in [0.2, 0.25) is 0 Å². The second-order valence-electron chi connectivity index (χ2n) is 2.46. The van der Waals surface area contributed by atoms with Crippen LogP contribution in [0.3, 0.4) is 0 Å². The molecule has 0 spiro atoms. The number of hydrogen-bond acceptors (Lipinski definition) is 0. The number of alkyl halides is 3. The summed E-state index contributed by atoms with van der Waals surface area (Å²) < 4.78 is 48.6. The molecule has 0 saturated carbocycles. The van der Waals surface area contributed by atoms with Crippen LogP contribution in [0.15, 0.2) is 18.2 Å². The quantitative estimate of drug-likeness (QED) is 0.535. The zero-order chi connectivity index (χ0) is 9.35. The summed E-state index contributed by atoms with van der Waals surface area (Å²) in [6.07, 6.45) is -4.47. The Kier molecular flexibility index (Phi) is 2.08. The molecule has 0 aliphatic rings. The van der Waals surface area contributed by atoms with E-state index in [1.54, 1.807) is 0 Å². The van der Waals surface area contributed by atoms with Crippen LogP contribution in [-0.2, 0) is 6.18 Å². The number of halogens is 4. The molecule has 1 aromatic carbocycles. The van der Waals surface area contributed by atoms with E-state index in [0.717, 1.165) is 12.1 Å². The Morgan fingerprint density at radius 3 is 2.17 bits per heavy atom. The van der Waals surface area contributed by atoms with Gasteiger partial charge in [0.2, 0.25) is 0 Å². The van der Waals surface area contributed by atoms with Gasteiger partial charge in [0.25, 0.3) is 0 Å². The highest BCUT2D eigenvalue weighted by Gasteiger charge is 2.32. The number of hydrogen-bond donors (Lipinski definition) is 0. The summed E-state index contributed by atoms with van der Waals surface area (Å²) >= 11 is 0. The molecule has 0 N–H and O–H groups in total. The average molecular weight is 178 g/mol. The Hall–Kier alpha value is -1.06. The first-order chi connectivity index (χ1) is 5.41. The third kappa shape index (κ3) is 1.75. The second-order valence-corrected chi connectivity index (χ2v) is 2.46. The molecule has 66 valence electrons. The topological polar surface area (TPSA) is 0 Å². The third-order valence-corrected chi connectivity index (χ3v) is 1.51. The van der Waals surface area contributed by atoms with Gasteiger partial charge in [0.1, 0.15) is 5.82 Å². The smallest absolute Gasteiger partial charge is 0.207 e. The first kappa shape index (κ1) is 9.03. The Morgan fingerprint density at radius 1 is 1.17 bits per heavy atom. The van der Waals surface area contributed by atoms with E-state index in [4.69, 9.17) is 0 Å². The lowest BCUT2D eigenvalue weighted by Gasteiger charge is -2.09. The van der Waals surface area contributed by atoms with Gasteiger partial charge >= 0.3 is 6.18 Å². The molecule has 0 radical (unpaired) electrons. The fourth-order valence-corrected chi connectivity index (χ4v) is 0.900. The average Bonchev–Trinajstić information content (AvgIpc) is 1.92. The van der Waals surface area contributed by atoms with Crippen molar-refractivity contribution in [3.8, 4) is 0 Å². The highest BCUT2D eigenvalue weighted by atomic mass is 19.4. The Bertz CT molecular complexity index is 288. The van der Waals surface area contributed by atoms with Crippen molar-refractivity contribution in [2.45, 2.75) is 13.1 Å². The van der Waals surface area contributed by atoms with E-state index < -0.39 is 17.6 Å². The lowest BCUT2D eigenvalue weighted by molar-refractivity contribution is -0.138. The van der Waals surface area contributed by atoms with Crippen LogP contribution in [0.25, 0.3) is 0 Å². The van der Waals surface area contributed by atoms with Crippen LogP contribution in [0.1, 0.15) is 11.1 Å². The highest BCUT2D eigenvalue weighted by Crippen LogP contribution is 2.31. The second kappa shape index (κ2) is 2.77. The van der Waals surface area contributed by atoms with Crippen molar-refractivity contribution in [2.75, 3.05) is 0 Å². The number of benzene rings is 1. The molecule has 4 heteroatoms. The van der Waals surface area contributed by atoms with Gasteiger partial charge in [-0.1, -0.05) is 6.07 Å². The molecular weight excluding hydrogens is 172 g/mol. The Labute approximate surface area is 66.8 Å². The summed E-state index contributed by atoms with van der Waals surface area (Å²) in [7, 11) is 0. The number of aryl methyl sites for hydroxylation is 1. The van der Waals surface area contributed by atoms with E-state index in [-0.39, 0.29) is 5.56 Å². The van der Waals surface area contributed by atoms with Gasteiger partial charge in [0.15, 0.2) is 0 Å². The molecule has 0 fully saturated rings. The lowest BCUT2D eigenvalue weighted by Crippen LogP contribution is -2.07. The molecule has 0 nitrogen and oxygen atoms in total. The molecule has 0 saturated heterocycles. The van der Waals surface area contributed by atoms with Crippen molar-refractivity contribution in [1.29, 1.82) is 0 Å². The molecule has 0 aromatic heterocycles. The van der Waals surface area contributed by atoms with Gasteiger partial charge in [-0.2, -0.15) is 13.2 Å². The SMILES string of the molecule is Cc1ccc(F)cc1C(F)(F)F. The zero-order valence-corrected chi connectivity index (χ0v) is 6.24. The summed E-state index contributed by atoms with van der Waals surface area (Å²) in [6, 6.07) is 2.61. The minimum atomic E-state index is -4.47. The summed E-state index contributed by atoms with van der Waals surface area (Å²) in [5, 5.41) is 0. The van der Waals surface area contributed by atoms with Gasteiger partial charge in [-0.15, -0.1) is 0 Å². The molecule has 0 atom stereocenters. The molecule has 0 aliphatic heterocycles. The Morgan fingerprint density at radius 2 is 1.75 bits per heavy atom. The van der Waals surface area contributed by atoms with Crippen LogP contribution >= 0.6 is 0 Å². The number of rotatable bonds is 0. The molecule has 0 unspecified atom stereocenters. The minimum absolute atomic E-state index is 0.0314. The van der Waals surface area contributed by atoms with Crippen molar-refractivity contribution >= 4 is 0 Å². The predicted molar refractivity (Wildman–Crippen MR) is 36.1 cm³/mol. The standard InChI is InChI=1S/C8H6F4/c1-5-2-3-6(9)4-7(5)8(10,11)12/h2-4H,1H3. The first-order valence-electron chi connectivity index (χ1n) is 3.24. The van der Waals surface area contributed by atoms with E-state index >= 15 is 0 Å². The lowest BCUT2D eigenvalue weighted by atomic mass is 10.1. The van der Waals surface area contributed by atoms with Gasteiger partial charge < -0.3 is 0 Å². The Balaban J connectivity index is 3.23. The summed E-state index contributed by atoms with van der Waals surface area (Å²) in [5.74, 6) is -0.868. The fourth-order valence-electron chi connectivity index (χ4n) is 0.900. The molecule has 1 aromatic rings. The molecule has 12 heavy (non-hydrogen) atoms. The maximum absolute atomic E-state index is 12.4. The monoisotopic (exact) mass is 178 g/mol. The van der Waals surface area contributed by atoms with Crippen molar-refractivity contribution in [3.63, 3.8) is 0 Å². The first-order valence-corrected chi connectivity index (χ1v) is 3.24. The molecule has 1 rings (SSSR count). The largest absolute Gasteiger partial charge is 0.416 e. The van der Waals surface area contributed by atoms with Crippen molar-refractivity contribution < 1.29 is 17.6 Å². The van der Waals surface area contributed by atoms with E-state index in [0.29, 0.717) is 6.07 Å². The molecule has 0 amide bonds.